The Hall–Kier alpha value is -11.4. The fraction of sp³-hybridized carbons (Fsp3) is 0. The molecule has 0 aliphatic carbocycles. The first kappa shape index (κ1) is 49.9. The number of rotatable bonds is 9. The molecular weight excluding hydrogens is 1060 g/mol. The van der Waals surface area contributed by atoms with Crippen molar-refractivity contribution in [2.24, 2.45) is 0 Å². The van der Waals surface area contributed by atoms with Gasteiger partial charge >= 0.3 is 0 Å². The maximum absolute atomic E-state index is 2.39. The van der Waals surface area contributed by atoms with Crippen molar-refractivity contribution >= 4 is 86.2 Å². The second kappa shape index (κ2) is 20.1. The quantitative estimate of drug-likeness (QED) is 0.126. The average molecular weight is 1110 g/mol. The number of hydrogen-bond donors (Lipinski definition) is 0. The second-order valence-corrected chi connectivity index (χ2v) is 23.9. The Balaban J connectivity index is 0.716. The Kier molecular flexibility index (Phi) is 11.4. The van der Waals surface area contributed by atoms with Crippen LogP contribution in [0.25, 0.3) is 186 Å². The van der Waals surface area contributed by atoms with Crippen molar-refractivity contribution in [1.29, 1.82) is 0 Å². The zero-order valence-electron chi connectivity index (χ0n) is 48.2. The smallest absolute Gasteiger partial charge is 0.00203 e. The molecule has 0 saturated heterocycles. The van der Waals surface area contributed by atoms with Crippen LogP contribution in [0.15, 0.2) is 328 Å². The summed E-state index contributed by atoms with van der Waals surface area (Å²) in [6.07, 6.45) is 0. The molecule has 0 heterocycles. The molecule has 0 amide bonds. The van der Waals surface area contributed by atoms with Crippen molar-refractivity contribution in [1.82, 2.24) is 0 Å². The Morgan fingerprint density at radius 2 is 0.341 bits per heavy atom. The summed E-state index contributed by atoms with van der Waals surface area (Å²) in [7, 11) is 0. The van der Waals surface area contributed by atoms with Crippen molar-refractivity contribution in [2.45, 2.75) is 0 Å². The fourth-order valence-electron chi connectivity index (χ4n) is 14.5. The van der Waals surface area contributed by atoms with E-state index >= 15 is 0 Å². The summed E-state index contributed by atoms with van der Waals surface area (Å²) in [5, 5.41) is 20.5. The third-order valence-electron chi connectivity index (χ3n) is 18.9. The molecule has 0 aliphatic rings. The van der Waals surface area contributed by atoms with Crippen LogP contribution in [0.2, 0.25) is 0 Å². The fourth-order valence-corrected chi connectivity index (χ4v) is 14.5. The predicted molar refractivity (Wildman–Crippen MR) is 378 cm³/mol. The highest BCUT2D eigenvalue weighted by Gasteiger charge is 2.19. The standard InChI is InChI=1S/C88H54/c1-3-11-55(12-4-1)71-49-73(59-19-25-61(26-20-59)77-39-31-63-37-45-83-79(41-33-65-35-43-81(77)85(63)87(65)83)69-29-23-57-15-7-9-17-67(57)47-69)53-75(51-71)76-52-72(56-13-5-2-6-14-56)50-74(54-76)60-21-27-62(28-22-60)78-40-32-64-38-46-84-80(42-34-66-36-44-82(78)86(64)88(66)84)70-30-24-58-16-8-10-18-68(58)48-70/h1-54H. The molecule has 18 aromatic carbocycles. The number of hydrogen-bond acceptors (Lipinski definition) is 0. The van der Waals surface area contributed by atoms with Crippen LogP contribution in [-0.4, -0.2) is 0 Å². The van der Waals surface area contributed by atoms with Gasteiger partial charge in [-0.25, -0.2) is 0 Å². The Morgan fingerprint density at radius 3 is 0.670 bits per heavy atom. The molecule has 18 aromatic rings. The van der Waals surface area contributed by atoms with E-state index < -0.39 is 0 Å². The molecule has 0 fully saturated rings. The van der Waals surface area contributed by atoms with Crippen molar-refractivity contribution in [2.75, 3.05) is 0 Å². The maximum atomic E-state index is 2.39. The van der Waals surface area contributed by atoms with Crippen LogP contribution < -0.4 is 0 Å². The van der Waals surface area contributed by atoms with Gasteiger partial charge < -0.3 is 0 Å². The molecule has 0 nitrogen and oxygen atoms in total. The maximum Gasteiger partial charge on any atom is -0.00203 e. The lowest BCUT2D eigenvalue weighted by molar-refractivity contribution is 1.54. The van der Waals surface area contributed by atoms with Gasteiger partial charge in [-0.1, -0.05) is 279 Å². The second-order valence-electron chi connectivity index (χ2n) is 23.9. The van der Waals surface area contributed by atoms with Crippen molar-refractivity contribution in [3.63, 3.8) is 0 Å². The summed E-state index contributed by atoms with van der Waals surface area (Å²) in [4.78, 5) is 0. The Bertz CT molecular complexity index is 5390. The molecule has 406 valence electrons. The summed E-state index contributed by atoms with van der Waals surface area (Å²) in [6, 6.07) is 122. The van der Waals surface area contributed by atoms with E-state index in [9.17, 15) is 0 Å². The normalized spacial score (nSPS) is 11.9. The van der Waals surface area contributed by atoms with E-state index in [0.29, 0.717) is 0 Å². The molecule has 0 saturated carbocycles. The highest BCUT2D eigenvalue weighted by Crippen LogP contribution is 2.46. The van der Waals surface area contributed by atoms with E-state index in [0.717, 1.165) is 0 Å². The van der Waals surface area contributed by atoms with Gasteiger partial charge in [-0.15, -0.1) is 0 Å². The lowest BCUT2D eigenvalue weighted by atomic mass is 9.86. The van der Waals surface area contributed by atoms with E-state index in [1.165, 1.54) is 186 Å². The average Bonchev–Trinajstić information content (AvgIpc) is 0.784. The van der Waals surface area contributed by atoms with Crippen LogP contribution in [0.3, 0.4) is 0 Å². The minimum Gasteiger partial charge on any atom is -0.0622 e. The molecule has 0 heteroatoms. The van der Waals surface area contributed by atoms with E-state index in [2.05, 4.69) is 328 Å². The molecule has 0 unspecified atom stereocenters. The minimum absolute atomic E-state index is 1.17. The van der Waals surface area contributed by atoms with E-state index in [4.69, 9.17) is 0 Å². The van der Waals surface area contributed by atoms with Crippen molar-refractivity contribution in [3.8, 4) is 100 Å². The first-order chi connectivity index (χ1) is 43.6. The monoisotopic (exact) mass is 1110 g/mol. The first-order valence-corrected chi connectivity index (χ1v) is 30.6. The van der Waals surface area contributed by atoms with Crippen LogP contribution in [0, 0.1) is 0 Å². The predicted octanol–water partition coefficient (Wildman–Crippen LogP) is 24.8. The van der Waals surface area contributed by atoms with Crippen molar-refractivity contribution in [3.05, 3.63) is 328 Å². The van der Waals surface area contributed by atoms with Gasteiger partial charge in [-0.3, -0.25) is 0 Å². The van der Waals surface area contributed by atoms with Crippen molar-refractivity contribution < 1.29 is 0 Å². The summed E-state index contributed by atoms with van der Waals surface area (Å²) in [5.41, 5.74) is 21.7. The van der Waals surface area contributed by atoms with Crippen LogP contribution >= 0.6 is 0 Å². The largest absolute Gasteiger partial charge is 0.0622 e. The molecule has 0 bridgehead atoms. The molecule has 0 atom stereocenters. The molecule has 0 aromatic heterocycles. The third-order valence-corrected chi connectivity index (χ3v) is 18.9. The zero-order chi connectivity index (χ0) is 57.8. The van der Waals surface area contributed by atoms with Gasteiger partial charge in [-0.05, 0) is 235 Å². The number of fused-ring (bicyclic) bond motifs is 2. The van der Waals surface area contributed by atoms with Crippen LogP contribution in [0.1, 0.15) is 0 Å². The first-order valence-electron chi connectivity index (χ1n) is 30.6. The van der Waals surface area contributed by atoms with E-state index in [-0.39, 0.29) is 0 Å². The topological polar surface area (TPSA) is 0 Å². The summed E-state index contributed by atoms with van der Waals surface area (Å²) < 4.78 is 0. The van der Waals surface area contributed by atoms with Gasteiger partial charge in [0.2, 0.25) is 0 Å². The van der Waals surface area contributed by atoms with Gasteiger partial charge in [0.05, 0.1) is 0 Å². The van der Waals surface area contributed by atoms with Gasteiger partial charge in [-0.2, -0.15) is 0 Å². The Labute approximate surface area is 510 Å². The highest BCUT2D eigenvalue weighted by atomic mass is 14.2. The minimum atomic E-state index is 1.17. The van der Waals surface area contributed by atoms with E-state index in [1.54, 1.807) is 0 Å². The third kappa shape index (κ3) is 8.29. The number of benzene rings is 18. The van der Waals surface area contributed by atoms with Gasteiger partial charge in [0.1, 0.15) is 0 Å². The van der Waals surface area contributed by atoms with Crippen LogP contribution in [0.4, 0.5) is 0 Å². The van der Waals surface area contributed by atoms with Gasteiger partial charge in [0, 0.05) is 0 Å². The van der Waals surface area contributed by atoms with Gasteiger partial charge in [0.25, 0.3) is 0 Å². The lowest BCUT2D eigenvalue weighted by Crippen LogP contribution is -1.91. The molecular formula is C88H54. The Morgan fingerprint density at radius 1 is 0.114 bits per heavy atom. The lowest BCUT2D eigenvalue weighted by Gasteiger charge is -2.17. The van der Waals surface area contributed by atoms with E-state index in [1.807, 2.05) is 0 Å². The SMILES string of the molecule is c1ccc(-c2cc(-c3ccc(-c4ccc5ccc6c(-c7ccc8ccccc8c7)ccc7ccc4c5c76)cc3)cc(-c3cc(-c4ccccc4)cc(-c4ccc(-c5ccc6ccc7c(-c8ccc9ccccc9c8)ccc8ccc5c6c87)cc4)c3)c2)cc1. The van der Waals surface area contributed by atoms with Crippen LogP contribution in [-0.2, 0) is 0 Å². The summed E-state index contributed by atoms with van der Waals surface area (Å²) >= 11 is 0. The molecule has 0 spiro atoms. The molecule has 88 heavy (non-hydrogen) atoms. The molecule has 0 aliphatic heterocycles. The zero-order valence-corrected chi connectivity index (χ0v) is 48.2. The van der Waals surface area contributed by atoms with Gasteiger partial charge in [0.15, 0.2) is 0 Å². The molecule has 0 radical (unpaired) electrons. The summed E-state index contributed by atoms with van der Waals surface area (Å²) in [5.74, 6) is 0. The summed E-state index contributed by atoms with van der Waals surface area (Å²) in [6.45, 7) is 0. The highest BCUT2D eigenvalue weighted by molar-refractivity contribution is 6.29. The molecule has 18 rings (SSSR count). The molecule has 0 N–H and O–H groups in total. The van der Waals surface area contributed by atoms with Crippen LogP contribution in [0.5, 0.6) is 0 Å².